The Labute approximate surface area is 112 Å². The SMILES string of the molecule is Nc1ccccc1CS(=O)(=O)NC1CCSCC1. The zero-order valence-electron chi connectivity index (χ0n) is 10.1. The number of hydrogen-bond donors (Lipinski definition) is 2. The van der Waals surface area contributed by atoms with E-state index in [0.29, 0.717) is 11.3 Å². The van der Waals surface area contributed by atoms with Crippen LogP contribution in [0.1, 0.15) is 18.4 Å². The first-order chi connectivity index (χ1) is 8.57. The molecule has 6 heteroatoms. The molecular weight excluding hydrogens is 268 g/mol. The van der Waals surface area contributed by atoms with E-state index in [2.05, 4.69) is 4.72 Å². The van der Waals surface area contributed by atoms with E-state index in [1.165, 1.54) is 0 Å². The van der Waals surface area contributed by atoms with Crippen molar-refractivity contribution in [2.45, 2.75) is 24.6 Å². The summed E-state index contributed by atoms with van der Waals surface area (Å²) in [7, 11) is -3.30. The van der Waals surface area contributed by atoms with Crippen molar-refractivity contribution in [2.75, 3.05) is 17.2 Å². The van der Waals surface area contributed by atoms with Crippen molar-refractivity contribution in [3.8, 4) is 0 Å². The third-order valence-corrected chi connectivity index (χ3v) is 5.40. The second kappa shape index (κ2) is 5.95. The van der Waals surface area contributed by atoms with Gasteiger partial charge in [0.05, 0.1) is 5.75 Å². The zero-order valence-corrected chi connectivity index (χ0v) is 11.8. The number of nitrogen functional groups attached to an aromatic ring is 1. The Morgan fingerprint density at radius 3 is 2.61 bits per heavy atom. The van der Waals surface area contributed by atoms with Crippen molar-refractivity contribution in [3.63, 3.8) is 0 Å². The van der Waals surface area contributed by atoms with Crippen LogP contribution >= 0.6 is 11.8 Å². The third-order valence-electron chi connectivity index (χ3n) is 2.97. The average molecular weight is 286 g/mol. The zero-order chi connectivity index (χ0) is 13.0. The molecule has 4 nitrogen and oxygen atoms in total. The molecule has 1 saturated heterocycles. The quantitative estimate of drug-likeness (QED) is 0.824. The molecule has 0 amide bonds. The van der Waals surface area contributed by atoms with E-state index in [-0.39, 0.29) is 11.8 Å². The molecule has 3 N–H and O–H groups in total. The third kappa shape index (κ3) is 3.90. The Morgan fingerprint density at radius 2 is 1.94 bits per heavy atom. The number of nitrogens with one attached hydrogen (secondary N) is 1. The highest BCUT2D eigenvalue weighted by Crippen LogP contribution is 2.19. The number of rotatable bonds is 4. The summed E-state index contributed by atoms with van der Waals surface area (Å²) in [5.74, 6) is 2.02. The van der Waals surface area contributed by atoms with Crippen LogP contribution in [0.25, 0.3) is 0 Å². The van der Waals surface area contributed by atoms with Gasteiger partial charge in [0, 0.05) is 11.7 Å². The van der Waals surface area contributed by atoms with Crippen molar-refractivity contribution >= 4 is 27.5 Å². The maximum absolute atomic E-state index is 12.0. The van der Waals surface area contributed by atoms with E-state index in [4.69, 9.17) is 5.73 Å². The number of thioether (sulfide) groups is 1. The summed E-state index contributed by atoms with van der Waals surface area (Å²) < 4.78 is 26.9. The molecule has 1 aromatic rings. The Bertz CT molecular complexity index is 497. The molecule has 1 aliphatic heterocycles. The maximum Gasteiger partial charge on any atom is 0.216 e. The van der Waals surface area contributed by atoms with Gasteiger partial charge in [-0.15, -0.1) is 0 Å². The Kier molecular flexibility index (Phi) is 4.53. The summed E-state index contributed by atoms with van der Waals surface area (Å²) >= 11 is 1.88. The van der Waals surface area contributed by atoms with Crippen LogP contribution in [0.2, 0.25) is 0 Å². The van der Waals surface area contributed by atoms with Gasteiger partial charge in [-0.05, 0) is 36.0 Å². The molecule has 0 radical (unpaired) electrons. The van der Waals surface area contributed by atoms with E-state index in [1.54, 1.807) is 24.3 Å². The molecule has 0 aliphatic carbocycles. The molecule has 1 heterocycles. The van der Waals surface area contributed by atoms with Crippen molar-refractivity contribution < 1.29 is 8.42 Å². The van der Waals surface area contributed by atoms with Gasteiger partial charge in [-0.25, -0.2) is 13.1 Å². The highest BCUT2D eigenvalue weighted by molar-refractivity contribution is 7.99. The van der Waals surface area contributed by atoms with Gasteiger partial charge in [-0.3, -0.25) is 0 Å². The molecule has 1 fully saturated rings. The second-order valence-electron chi connectivity index (χ2n) is 4.46. The Hall–Kier alpha value is -0.720. The minimum atomic E-state index is -3.30. The van der Waals surface area contributed by atoms with Crippen LogP contribution in [0.3, 0.4) is 0 Å². The molecule has 1 aliphatic rings. The lowest BCUT2D eigenvalue weighted by molar-refractivity contribution is 0.528. The van der Waals surface area contributed by atoms with E-state index in [9.17, 15) is 8.42 Å². The predicted molar refractivity (Wildman–Crippen MR) is 77.0 cm³/mol. The average Bonchev–Trinajstić information content (AvgIpc) is 2.32. The number of anilines is 1. The lowest BCUT2D eigenvalue weighted by atomic mass is 10.2. The fourth-order valence-electron chi connectivity index (χ4n) is 1.98. The molecule has 0 unspecified atom stereocenters. The smallest absolute Gasteiger partial charge is 0.216 e. The fourth-order valence-corrected chi connectivity index (χ4v) is 4.59. The number of hydrogen-bond acceptors (Lipinski definition) is 4. The number of sulfonamides is 1. The van der Waals surface area contributed by atoms with E-state index in [0.717, 1.165) is 24.3 Å². The van der Waals surface area contributed by atoms with Gasteiger partial charge < -0.3 is 5.73 Å². The van der Waals surface area contributed by atoms with Gasteiger partial charge in [-0.1, -0.05) is 18.2 Å². The topological polar surface area (TPSA) is 72.2 Å². The molecule has 0 aromatic heterocycles. The summed E-state index contributed by atoms with van der Waals surface area (Å²) in [6, 6.07) is 7.17. The molecule has 1 aromatic carbocycles. The van der Waals surface area contributed by atoms with Gasteiger partial charge in [0.15, 0.2) is 0 Å². The lowest BCUT2D eigenvalue weighted by Gasteiger charge is -2.22. The van der Waals surface area contributed by atoms with Crippen molar-refractivity contribution in [2.24, 2.45) is 0 Å². The van der Waals surface area contributed by atoms with Crippen LogP contribution in [0.15, 0.2) is 24.3 Å². The van der Waals surface area contributed by atoms with E-state index < -0.39 is 10.0 Å². The van der Waals surface area contributed by atoms with Crippen molar-refractivity contribution in [1.82, 2.24) is 4.72 Å². The summed E-state index contributed by atoms with van der Waals surface area (Å²) in [4.78, 5) is 0. The summed E-state index contributed by atoms with van der Waals surface area (Å²) in [6.45, 7) is 0. The molecule has 18 heavy (non-hydrogen) atoms. The Morgan fingerprint density at radius 1 is 1.28 bits per heavy atom. The molecule has 0 atom stereocenters. The number of benzene rings is 1. The summed E-state index contributed by atoms with van der Waals surface area (Å²) in [5, 5.41) is 0. The summed E-state index contributed by atoms with van der Waals surface area (Å²) in [6.07, 6.45) is 1.82. The molecule has 2 rings (SSSR count). The number of nitrogens with two attached hydrogens (primary N) is 1. The maximum atomic E-state index is 12.0. The minimum Gasteiger partial charge on any atom is -0.398 e. The normalized spacial score (nSPS) is 17.8. The molecule has 0 spiro atoms. The molecule has 100 valence electrons. The second-order valence-corrected chi connectivity index (χ2v) is 7.44. The van der Waals surface area contributed by atoms with E-state index >= 15 is 0 Å². The summed E-state index contributed by atoms with van der Waals surface area (Å²) in [5.41, 5.74) is 6.96. The molecule has 0 bridgehead atoms. The predicted octanol–water partition coefficient (Wildman–Crippen LogP) is 1.58. The molecule has 0 saturated carbocycles. The first kappa shape index (κ1) is 13.7. The van der Waals surface area contributed by atoms with Crippen molar-refractivity contribution in [1.29, 1.82) is 0 Å². The Balaban J connectivity index is 2.01. The monoisotopic (exact) mass is 286 g/mol. The van der Waals surface area contributed by atoms with Gasteiger partial charge >= 0.3 is 0 Å². The standard InChI is InChI=1S/C12H18N2O2S2/c13-12-4-2-1-3-10(12)9-18(15,16)14-11-5-7-17-8-6-11/h1-4,11,14H,5-9,13H2. The van der Waals surface area contributed by atoms with Crippen LogP contribution in [0.5, 0.6) is 0 Å². The largest absolute Gasteiger partial charge is 0.398 e. The van der Waals surface area contributed by atoms with Crippen LogP contribution in [0.4, 0.5) is 5.69 Å². The van der Waals surface area contributed by atoms with E-state index in [1.807, 2.05) is 11.8 Å². The fraction of sp³-hybridized carbons (Fsp3) is 0.500. The van der Waals surface area contributed by atoms with Crippen LogP contribution < -0.4 is 10.5 Å². The van der Waals surface area contributed by atoms with Gasteiger partial charge in [0.1, 0.15) is 0 Å². The highest BCUT2D eigenvalue weighted by atomic mass is 32.2. The van der Waals surface area contributed by atoms with Crippen LogP contribution in [0, 0.1) is 0 Å². The number of para-hydroxylation sites is 1. The van der Waals surface area contributed by atoms with Crippen LogP contribution in [-0.2, 0) is 15.8 Å². The first-order valence-corrected chi connectivity index (χ1v) is 8.79. The van der Waals surface area contributed by atoms with Crippen LogP contribution in [-0.4, -0.2) is 26.0 Å². The van der Waals surface area contributed by atoms with Gasteiger partial charge in [0.25, 0.3) is 0 Å². The lowest BCUT2D eigenvalue weighted by Crippen LogP contribution is -2.38. The van der Waals surface area contributed by atoms with Crippen molar-refractivity contribution in [3.05, 3.63) is 29.8 Å². The van der Waals surface area contributed by atoms with Gasteiger partial charge in [-0.2, -0.15) is 11.8 Å². The molecular formula is C12H18N2O2S2. The van der Waals surface area contributed by atoms with Gasteiger partial charge in [0.2, 0.25) is 10.0 Å². The minimum absolute atomic E-state index is 0.0384. The highest BCUT2D eigenvalue weighted by Gasteiger charge is 2.21. The first-order valence-electron chi connectivity index (χ1n) is 5.98.